The highest BCUT2D eigenvalue weighted by Gasteiger charge is 2.30. The number of rotatable bonds is 8. The average Bonchev–Trinajstić information content (AvgIpc) is 3.26. The van der Waals surface area contributed by atoms with E-state index in [2.05, 4.69) is 15.5 Å². The number of hydrogen-bond acceptors (Lipinski definition) is 7. The largest absolute Gasteiger partial charge is 0.378 e. The highest BCUT2D eigenvalue weighted by atomic mass is 32.2. The monoisotopic (exact) mass is 533 g/mol. The van der Waals surface area contributed by atoms with Crippen molar-refractivity contribution in [1.82, 2.24) is 0 Å². The molecule has 0 radical (unpaired) electrons. The van der Waals surface area contributed by atoms with Crippen molar-refractivity contribution in [2.45, 2.75) is 18.7 Å². The summed E-state index contributed by atoms with van der Waals surface area (Å²) >= 11 is 0. The van der Waals surface area contributed by atoms with Crippen LogP contribution in [0, 0.1) is 5.92 Å². The molecule has 5 rings (SSSR count). The summed E-state index contributed by atoms with van der Waals surface area (Å²) in [6.45, 7) is 6.94. The fraction of sp³-hybridized carbons (Fsp3) is 0.276. The highest BCUT2D eigenvalue weighted by Crippen LogP contribution is 2.39. The number of fused-ring (bicyclic) bond motifs is 1. The summed E-state index contributed by atoms with van der Waals surface area (Å²) in [5.74, 6) is -0.254. The van der Waals surface area contributed by atoms with Crippen LogP contribution in [0.25, 0.3) is 11.3 Å². The van der Waals surface area contributed by atoms with Gasteiger partial charge in [0.1, 0.15) is 0 Å². The minimum Gasteiger partial charge on any atom is -0.378 e. The van der Waals surface area contributed by atoms with Gasteiger partial charge in [-0.25, -0.2) is 0 Å². The average molecular weight is 534 g/mol. The maximum absolute atomic E-state index is 13.3. The number of benzene rings is 3. The number of hydrogen-bond donors (Lipinski definition) is 2. The molecular weight excluding hydrogens is 502 g/mol. The number of carbonyl (C=O) groups excluding carboxylic acids is 1. The second kappa shape index (κ2) is 11.0. The summed E-state index contributed by atoms with van der Waals surface area (Å²) in [7, 11) is -3.98. The molecule has 1 amide bonds. The lowest BCUT2D eigenvalue weighted by Crippen LogP contribution is -2.36. The Morgan fingerprint density at radius 1 is 1.03 bits per heavy atom. The number of morpholine rings is 1. The molecule has 2 heterocycles. The molecule has 0 unspecified atom stereocenters. The normalized spacial score (nSPS) is 16.8. The molecule has 0 spiro atoms. The highest BCUT2D eigenvalue weighted by molar-refractivity contribution is 7.86. The van der Waals surface area contributed by atoms with Gasteiger partial charge in [-0.1, -0.05) is 44.2 Å². The van der Waals surface area contributed by atoms with Crippen LogP contribution in [0.3, 0.4) is 0 Å². The van der Waals surface area contributed by atoms with Crippen molar-refractivity contribution in [1.29, 1.82) is 0 Å². The predicted molar refractivity (Wildman–Crippen MR) is 149 cm³/mol. The van der Waals surface area contributed by atoms with Gasteiger partial charge >= 0.3 is 0 Å². The second-order valence-electron chi connectivity index (χ2n) is 9.68. The van der Waals surface area contributed by atoms with Crippen molar-refractivity contribution in [3.05, 3.63) is 83.9 Å². The summed E-state index contributed by atoms with van der Waals surface area (Å²) in [4.78, 5) is 15.5. The third-order valence-corrected chi connectivity index (χ3v) is 7.68. The first-order valence-corrected chi connectivity index (χ1v) is 14.1. The molecule has 0 aliphatic carbocycles. The molecule has 198 valence electrons. The van der Waals surface area contributed by atoms with E-state index >= 15 is 0 Å². The molecule has 1 fully saturated rings. The number of amides is 1. The smallest absolute Gasteiger partial charge is 0.297 e. The lowest BCUT2D eigenvalue weighted by molar-refractivity contribution is -0.110. The molecule has 1 saturated heterocycles. The summed E-state index contributed by atoms with van der Waals surface area (Å²) in [5.41, 5.74) is 4.70. The standard InChI is InChI=1S/C29H31N3O5S/c1-20(2)19-37-38(34,35)24-12-13-26-25(18-24)27(29(33)31-26)28(21-6-4-3-5-7-21)30-22-8-10-23(11-9-22)32-14-16-36-17-15-32/h3-13,18,20,30H,14-17,19H2,1-2H3,(H,31,33)/b28-27-. The van der Waals surface area contributed by atoms with Gasteiger partial charge in [-0.2, -0.15) is 8.42 Å². The van der Waals surface area contributed by atoms with Crippen LogP contribution >= 0.6 is 0 Å². The first-order valence-electron chi connectivity index (χ1n) is 12.7. The van der Waals surface area contributed by atoms with Gasteiger partial charge in [0, 0.05) is 35.7 Å². The Morgan fingerprint density at radius 2 is 1.74 bits per heavy atom. The van der Waals surface area contributed by atoms with Crippen LogP contribution in [-0.4, -0.2) is 47.2 Å². The number of nitrogens with one attached hydrogen (secondary N) is 2. The van der Waals surface area contributed by atoms with Gasteiger partial charge in [0.15, 0.2) is 0 Å². The Morgan fingerprint density at radius 3 is 2.42 bits per heavy atom. The first kappa shape index (κ1) is 26.0. The van der Waals surface area contributed by atoms with E-state index in [1.165, 1.54) is 12.1 Å². The van der Waals surface area contributed by atoms with Crippen LogP contribution in [0.1, 0.15) is 25.0 Å². The summed E-state index contributed by atoms with van der Waals surface area (Å²) < 4.78 is 36.4. The van der Waals surface area contributed by atoms with Crippen molar-refractivity contribution in [3.63, 3.8) is 0 Å². The molecule has 3 aromatic carbocycles. The van der Waals surface area contributed by atoms with Gasteiger partial charge in [0.2, 0.25) is 0 Å². The van der Waals surface area contributed by atoms with E-state index in [1.807, 2.05) is 68.4 Å². The molecule has 8 nitrogen and oxygen atoms in total. The van der Waals surface area contributed by atoms with Crippen LogP contribution in [0.4, 0.5) is 17.1 Å². The lowest BCUT2D eigenvalue weighted by atomic mass is 10.00. The van der Waals surface area contributed by atoms with Gasteiger partial charge in [0.25, 0.3) is 16.0 Å². The van der Waals surface area contributed by atoms with E-state index in [0.29, 0.717) is 35.7 Å². The van der Waals surface area contributed by atoms with Crippen molar-refractivity contribution in [2.24, 2.45) is 5.92 Å². The molecule has 2 N–H and O–H groups in total. The van der Waals surface area contributed by atoms with Crippen molar-refractivity contribution in [3.8, 4) is 0 Å². The number of ether oxygens (including phenoxy) is 1. The Kier molecular flexibility index (Phi) is 7.51. The van der Waals surface area contributed by atoms with E-state index in [1.54, 1.807) is 6.07 Å². The van der Waals surface area contributed by atoms with Crippen LogP contribution < -0.4 is 15.5 Å². The minimum atomic E-state index is -3.98. The van der Waals surface area contributed by atoms with Gasteiger partial charge in [-0.3, -0.25) is 8.98 Å². The molecule has 0 bridgehead atoms. The summed E-state index contributed by atoms with van der Waals surface area (Å²) in [6.07, 6.45) is 0. The Balaban J connectivity index is 1.54. The first-order chi connectivity index (χ1) is 18.3. The zero-order valence-corrected chi connectivity index (χ0v) is 22.3. The van der Waals surface area contributed by atoms with Gasteiger partial charge in [-0.05, 0) is 53.9 Å². The van der Waals surface area contributed by atoms with Crippen LogP contribution in [0.2, 0.25) is 0 Å². The molecule has 38 heavy (non-hydrogen) atoms. The third-order valence-electron chi connectivity index (χ3n) is 6.41. The SMILES string of the molecule is CC(C)COS(=O)(=O)c1ccc2c(c1)/C(=C(/Nc1ccc(N3CCOCC3)cc1)c1ccccc1)C(=O)N2. The fourth-order valence-electron chi connectivity index (χ4n) is 4.45. The number of carbonyl (C=O) groups is 1. The van der Waals surface area contributed by atoms with E-state index in [4.69, 9.17) is 8.92 Å². The number of anilines is 3. The second-order valence-corrected chi connectivity index (χ2v) is 11.3. The summed E-state index contributed by atoms with van der Waals surface area (Å²) in [6, 6.07) is 22.1. The molecule has 0 atom stereocenters. The zero-order chi connectivity index (χ0) is 26.7. The Hall–Kier alpha value is -3.66. The lowest BCUT2D eigenvalue weighted by Gasteiger charge is -2.29. The van der Waals surface area contributed by atoms with Crippen LogP contribution in [0.5, 0.6) is 0 Å². The quantitative estimate of drug-likeness (QED) is 0.317. The molecule has 3 aromatic rings. The minimum absolute atomic E-state index is 0.00757. The van der Waals surface area contributed by atoms with Crippen molar-refractivity contribution >= 4 is 44.4 Å². The topological polar surface area (TPSA) is 97.0 Å². The zero-order valence-electron chi connectivity index (χ0n) is 21.4. The van der Waals surface area contributed by atoms with Crippen LogP contribution in [0.15, 0.2) is 77.7 Å². The molecular formula is C29H31N3O5S. The summed E-state index contributed by atoms with van der Waals surface area (Å²) in [5, 5.41) is 6.31. The van der Waals surface area contributed by atoms with Gasteiger partial charge < -0.3 is 20.3 Å². The number of nitrogens with zero attached hydrogens (tertiary/aromatic N) is 1. The molecule has 2 aliphatic heterocycles. The molecule has 9 heteroatoms. The Bertz CT molecular complexity index is 1450. The maximum Gasteiger partial charge on any atom is 0.297 e. The van der Waals surface area contributed by atoms with Gasteiger partial charge in [-0.15, -0.1) is 0 Å². The van der Waals surface area contributed by atoms with E-state index < -0.39 is 10.1 Å². The van der Waals surface area contributed by atoms with Gasteiger partial charge in [0.05, 0.1) is 36.0 Å². The third kappa shape index (κ3) is 5.60. The van der Waals surface area contributed by atoms with E-state index in [0.717, 1.165) is 30.0 Å². The molecule has 2 aliphatic rings. The van der Waals surface area contributed by atoms with Crippen LogP contribution in [-0.2, 0) is 23.8 Å². The van der Waals surface area contributed by atoms with E-state index in [-0.39, 0.29) is 23.3 Å². The van der Waals surface area contributed by atoms with Crippen molar-refractivity contribution in [2.75, 3.05) is 48.4 Å². The fourth-order valence-corrected chi connectivity index (χ4v) is 5.53. The van der Waals surface area contributed by atoms with E-state index in [9.17, 15) is 13.2 Å². The Labute approximate surface area is 223 Å². The molecule has 0 saturated carbocycles. The maximum atomic E-state index is 13.3. The van der Waals surface area contributed by atoms with Crippen molar-refractivity contribution < 1.29 is 22.1 Å². The molecule has 0 aromatic heterocycles. The predicted octanol–water partition coefficient (Wildman–Crippen LogP) is 4.82.